The molecule has 0 saturated carbocycles. The van der Waals surface area contributed by atoms with Gasteiger partial charge in [0.2, 0.25) is 0 Å². The molecule has 3 aromatic rings. The van der Waals surface area contributed by atoms with E-state index in [-0.39, 0.29) is 5.56 Å². The topological polar surface area (TPSA) is 51.7 Å². The molecule has 4 rings (SSSR count). The maximum Gasteiger partial charge on any atom is 0.347 e. The van der Waals surface area contributed by atoms with Crippen LogP contribution in [0.3, 0.4) is 0 Å². The molecule has 2 aromatic carbocycles. The summed E-state index contributed by atoms with van der Waals surface area (Å²) in [5.41, 5.74) is 1.85. The smallest absolute Gasteiger partial charge is 0.347 e. The Morgan fingerprint density at radius 1 is 1.14 bits per heavy atom. The van der Waals surface area contributed by atoms with Gasteiger partial charge in [-0.2, -0.15) is 0 Å². The second-order valence-corrected chi connectivity index (χ2v) is 7.96. The lowest BCUT2D eigenvalue weighted by Gasteiger charge is -2.18. The van der Waals surface area contributed by atoms with E-state index in [1.807, 2.05) is 18.2 Å². The van der Waals surface area contributed by atoms with Gasteiger partial charge in [-0.15, -0.1) is 0 Å². The van der Waals surface area contributed by atoms with Crippen molar-refractivity contribution >= 4 is 50.1 Å². The Kier molecular flexibility index (Phi) is 6.21. The Hall–Kier alpha value is -2.31. The SMILES string of the molecule is O=C(Oc1ccccc1OCCBr)c1c(Cl)ccc2cc(N3CCCC3)cnc12. The number of para-hydroxylation sites is 2. The van der Waals surface area contributed by atoms with Crippen LogP contribution in [0.25, 0.3) is 10.9 Å². The van der Waals surface area contributed by atoms with Crippen LogP contribution in [0.4, 0.5) is 5.69 Å². The number of benzene rings is 2. The monoisotopic (exact) mass is 474 g/mol. The Labute approximate surface area is 182 Å². The van der Waals surface area contributed by atoms with Crippen LogP contribution in [0.2, 0.25) is 5.02 Å². The summed E-state index contributed by atoms with van der Waals surface area (Å²) < 4.78 is 11.3. The predicted octanol–water partition coefficient (Wildman–Crippen LogP) is 5.48. The summed E-state index contributed by atoms with van der Waals surface area (Å²) in [6.07, 6.45) is 4.17. The van der Waals surface area contributed by atoms with Crippen LogP contribution in [0.1, 0.15) is 23.2 Å². The molecule has 2 heterocycles. The van der Waals surface area contributed by atoms with Crippen molar-refractivity contribution in [3.05, 3.63) is 59.2 Å². The van der Waals surface area contributed by atoms with Gasteiger partial charge < -0.3 is 14.4 Å². The van der Waals surface area contributed by atoms with Crippen LogP contribution in [0.5, 0.6) is 11.5 Å². The van der Waals surface area contributed by atoms with Gasteiger partial charge >= 0.3 is 5.97 Å². The van der Waals surface area contributed by atoms with E-state index in [0.29, 0.717) is 34.0 Å². The molecular weight excluding hydrogens is 456 g/mol. The second-order valence-electron chi connectivity index (χ2n) is 6.76. The summed E-state index contributed by atoms with van der Waals surface area (Å²) in [5.74, 6) is 0.290. The lowest BCUT2D eigenvalue weighted by molar-refractivity contribution is 0.0730. The summed E-state index contributed by atoms with van der Waals surface area (Å²) in [6.45, 7) is 2.52. The first kappa shape index (κ1) is 20.0. The Morgan fingerprint density at radius 3 is 2.66 bits per heavy atom. The van der Waals surface area contributed by atoms with E-state index in [2.05, 4.69) is 25.8 Å². The van der Waals surface area contributed by atoms with Crippen molar-refractivity contribution in [2.75, 3.05) is 29.9 Å². The van der Waals surface area contributed by atoms with E-state index in [1.165, 1.54) is 12.8 Å². The van der Waals surface area contributed by atoms with Crippen molar-refractivity contribution in [3.8, 4) is 11.5 Å². The Bertz CT molecular complexity index is 1040. The minimum atomic E-state index is -0.558. The first-order valence-electron chi connectivity index (χ1n) is 9.50. The predicted molar refractivity (Wildman–Crippen MR) is 119 cm³/mol. The van der Waals surface area contributed by atoms with Gasteiger partial charge in [0.1, 0.15) is 5.56 Å². The quantitative estimate of drug-likeness (QED) is 0.268. The molecular formula is C22H20BrClN2O3. The second kappa shape index (κ2) is 9.01. The fraction of sp³-hybridized carbons (Fsp3) is 0.273. The molecule has 0 aliphatic carbocycles. The number of carbonyl (C=O) groups is 1. The number of rotatable bonds is 6. The molecule has 0 atom stereocenters. The summed E-state index contributed by atoms with van der Waals surface area (Å²) in [4.78, 5) is 19.9. The maximum absolute atomic E-state index is 13.0. The summed E-state index contributed by atoms with van der Waals surface area (Å²) in [5, 5.41) is 1.84. The number of pyridine rings is 1. The van der Waals surface area contributed by atoms with Crippen LogP contribution >= 0.6 is 27.5 Å². The van der Waals surface area contributed by atoms with Gasteiger partial charge in [-0.05, 0) is 37.1 Å². The average Bonchev–Trinajstić information content (AvgIpc) is 3.27. The van der Waals surface area contributed by atoms with Gasteiger partial charge in [0.15, 0.2) is 11.5 Å². The lowest BCUT2D eigenvalue weighted by atomic mass is 10.1. The summed E-state index contributed by atoms with van der Waals surface area (Å²) in [7, 11) is 0. The van der Waals surface area contributed by atoms with E-state index in [1.54, 1.807) is 30.5 Å². The molecule has 29 heavy (non-hydrogen) atoms. The fourth-order valence-electron chi connectivity index (χ4n) is 3.46. The third-order valence-corrected chi connectivity index (χ3v) is 5.49. The van der Waals surface area contributed by atoms with Crippen molar-refractivity contribution in [2.45, 2.75) is 12.8 Å². The number of anilines is 1. The molecule has 0 radical (unpaired) electrons. The highest BCUT2D eigenvalue weighted by Gasteiger charge is 2.21. The number of hydrogen-bond donors (Lipinski definition) is 0. The van der Waals surface area contributed by atoms with Crippen molar-refractivity contribution in [3.63, 3.8) is 0 Å². The lowest BCUT2D eigenvalue weighted by Crippen LogP contribution is -2.18. The Morgan fingerprint density at radius 2 is 1.90 bits per heavy atom. The zero-order chi connectivity index (χ0) is 20.2. The molecule has 0 bridgehead atoms. The standard InChI is InChI=1S/C22H20BrClN2O3/c23-9-12-28-18-5-1-2-6-19(18)29-22(27)20-17(24)8-7-15-13-16(14-25-21(15)20)26-10-3-4-11-26/h1-2,5-8,13-14H,3-4,9-12H2. The highest BCUT2D eigenvalue weighted by Crippen LogP contribution is 2.32. The van der Waals surface area contributed by atoms with Crippen LogP contribution in [-0.2, 0) is 0 Å². The molecule has 150 valence electrons. The molecule has 1 aliphatic heterocycles. The van der Waals surface area contributed by atoms with Crippen LogP contribution in [0, 0.1) is 0 Å². The van der Waals surface area contributed by atoms with Crippen LogP contribution in [-0.4, -0.2) is 36.0 Å². The normalized spacial score (nSPS) is 13.7. The molecule has 0 unspecified atom stereocenters. The number of esters is 1. The van der Waals surface area contributed by atoms with Gasteiger partial charge in [-0.1, -0.05) is 45.7 Å². The molecule has 0 N–H and O–H groups in total. The number of halogens is 2. The third-order valence-electron chi connectivity index (χ3n) is 4.85. The molecule has 1 saturated heterocycles. The van der Waals surface area contributed by atoms with E-state index in [9.17, 15) is 4.79 Å². The fourth-order valence-corrected chi connectivity index (χ4v) is 3.85. The summed E-state index contributed by atoms with van der Waals surface area (Å²) >= 11 is 9.69. The third kappa shape index (κ3) is 4.33. The number of nitrogens with zero attached hydrogens (tertiary/aromatic N) is 2. The average molecular weight is 476 g/mol. The molecule has 0 spiro atoms. The minimum Gasteiger partial charge on any atom is -0.489 e. The molecule has 5 nitrogen and oxygen atoms in total. The van der Waals surface area contributed by atoms with Crippen molar-refractivity contribution < 1.29 is 14.3 Å². The zero-order valence-corrected chi connectivity index (χ0v) is 18.1. The van der Waals surface area contributed by atoms with Crippen LogP contribution < -0.4 is 14.4 Å². The van der Waals surface area contributed by atoms with Gasteiger partial charge in [-0.3, -0.25) is 4.98 Å². The van der Waals surface area contributed by atoms with Gasteiger partial charge in [0.25, 0.3) is 0 Å². The number of carbonyl (C=O) groups excluding carboxylic acids is 1. The van der Waals surface area contributed by atoms with Crippen molar-refractivity contribution in [1.29, 1.82) is 0 Å². The van der Waals surface area contributed by atoms with E-state index >= 15 is 0 Å². The zero-order valence-electron chi connectivity index (χ0n) is 15.7. The Balaban J connectivity index is 1.66. The van der Waals surface area contributed by atoms with Crippen molar-refractivity contribution in [1.82, 2.24) is 4.98 Å². The number of alkyl halides is 1. The first-order valence-corrected chi connectivity index (χ1v) is 11.0. The van der Waals surface area contributed by atoms with Gasteiger partial charge in [-0.25, -0.2) is 4.79 Å². The number of aromatic nitrogens is 1. The molecule has 1 aliphatic rings. The van der Waals surface area contributed by atoms with E-state index < -0.39 is 5.97 Å². The number of ether oxygens (including phenoxy) is 2. The van der Waals surface area contributed by atoms with Gasteiger partial charge in [0.05, 0.1) is 29.0 Å². The highest BCUT2D eigenvalue weighted by molar-refractivity contribution is 9.09. The number of fused-ring (bicyclic) bond motifs is 1. The first-order chi connectivity index (χ1) is 14.2. The number of hydrogen-bond acceptors (Lipinski definition) is 5. The molecule has 1 aromatic heterocycles. The minimum absolute atomic E-state index is 0.257. The molecule has 1 fully saturated rings. The molecule has 0 amide bonds. The van der Waals surface area contributed by atoms with E-state index in [0.717, 1.165) is 24.2 Å². The van der Waals surface area contributed by atoms with Crippen LogP contribution in [0.15, 0.2) is 48.7 Å². The van der Waals surface area contributed by atoms with Crippen molar-refractivity contribution in [2.24, 2.45) is 0 Å². The van der Waals surface area contributed by atoms with Gasteiger partial charge in [0, 0.05) is 23.8 Å². The highest BCUT2D eigenvalue weighted by atomic mass is 79.9. The molecule has 7 heteroatoms. The summed E-state index contributed by atoms with van der Waals surface area (Å²) in [6, 6.07) is 12.7. The largest absolute Gasteiger partial charge is 0.489 e. The maximum atomic E-state index is 13.0. The van der Waals surface area contributed by atoms with E-state index in [4.69, 9.17) is 21.1 Å².